The van der Waals surface area contributed by atoms with Crippen molar-refractivity contribution in [1.82, 2.24) is 10.2 Å². The fraction of sp³-hybridized carbons (Fsp3) is 0.929. The number of nitrogens with one attached hydrogen (secondary N) is 1. The number of carbonyl (C=O) groups is 1. The van der Waals surface area contributed by atoms with Gasteiger partial charge < -0.3 is 10.2 Å². The molecule has 0 aromatic rings. The summed E-state index contributed by atoms with van der Waals surface area (Å²) in [6.07, 6.45) is 3.51. The third-order valence-electron chi connectivity index (χ3n) is 5.51. The van der Waals surface area contributed by atoms with Crippen molar-refractivity contribution in [1.29, 1.82) is 0 Å². The summed E-state index contributed by atoms with van der Waals surface area (Å²) in [5.74, 6) is 0.348. The molecule has 1 saturated heterocycles. The first-order valence-electron chi connectivity index (χ1n) is 6.92. The minimum absolute atomic E-state index is 0.106. The molecule has 1 amide bonds. The molecule has 0 aromatic carbocycles. The Morgan fingerprint density at radius 3 is 2.18 bits per heavy atom. The van der Waals surface area contributed by atoms with Gasteiger partial charge in [0.25, 0.3) is 0 Å². The molecule has 3 rings (SSSR count). The second kappa shape index (κ2) is 3.25. The summed E-state index contributed by atoms with van der Waals surface area (Å²) in [4.78, 5) is 14.5. The average molecular weight is 236 g/mol. The number of nitrogens with zero attached hydrogens (tertiary/aromatic N) is 1. The van der Waals surface area contributed by atoms with E-state index in [0.717, 1.165) is 13.0 Å². The normalized spacial score (nSPS) is 35.4. The van der Waals surface area contributed by atoms with E-state index in [1.165, 1.54) is 12.8 Å². The highest BCUT2D eigenvalue weighted by Gasteiger charge is 2.68. The topological polar surface area (TPSA) is 32.3 Å². The highest BCUT2D eigenvalue weighted by molar-refractivity contribution is 5.85. The smallest absolute Gasteiger partial charge is 0.240 e. The molecule has 17 heavy (non-hydrogen) atoms. The number of hydrogen-bond acceptors (Lipinski definition) is 2. The highest BCUT2D eigenvalue weighted by Crippen LogP contribution is 2.65. The Balaban J connectivity index is 1.68. The summed E-state index contributed by atoms with van der Waals surface area (Å²) in [7, 11) is 0. The quantitative estimate of drug-likeness (QED) is 0.810. The third kappa shape index (κ3) is 1.55. The van der Waals surface area contributed by atoms with Gasteiger partial charge in [0, 0.05) is 18.6 Å². The van der Waals surface area contributed by atoms with Crippen molar-refractivity contribution < 1.29 is 4.79 Å². The van der Waals surface area contributed by atoms with Gasteiger partial charge in [-0.05, 0) is 30.1 Å². The summed E-state index contributed by atoms with van der Waals surface area (Å²) < 4.78 is 0. The standard InChI is InChI=1S/C14H24N2O/c1-13(2)12(14(13,3)4)16-8-7-10(11(16)17)15-9-5-6-9/h9-10,12,15H,5-8H2,1-4H3. The lowest BCUT2D eigenvalue weighted by Gasteiger charge is -2.19. The number of amides is 1. The SMILES string of the molecule is CC1(C)C(N2CCC(NC3CC3)C2=O)C1(C)C. The molecule has 96 valence electrons. The van der Waals surface area contributed by atoms with Gasteiger partial charge in [-0.1, -0.05) is 27.7 Å². The molecule has 1 N–H and O–H groups in total. The van der Waals surface area contributed by atoms with Gasteiger partial charge in [0.05, 0.1) is 6.04 Å². The van der Waals surface area contributed by atoms with E-state index in [9.17, 15) is 4.79 Å². The second-order valence-electron chi connectivity index (χ2n) is 7.16. The molecule has 0 aromatic heterocycles. The van der Waals surface area contributed by atoms with Crippen LogP contribution in [0.4, 0.5) is 0 Å². The molecule has 1 atom stereocenters. The molecule has 1 heterocycles. The Bertz CT molecular complexity index is 343. The molecule has 1 aliphatic heterocycles. The Morgan fingerprint density at radius 1 is 1.12 bits per heavy atom. The van der Waals surface area contributed by atoms with E-state index < -0.39 is 0 Å². The molecular weight excluding hydrogens is 212 g/mol. The van der Waals surface area contributed by atoms with Crippen molar-refractivity contribution in [2.75, 3.05) is 6.54 Å². The van der Waals surface area contributed by atoms with Crippen LogP contribution in [0.15, 0.2) is 0 Å². The van der Waals surface area contributed by atoms with Gasteiger partial charge in [-0.15, -0.1) is 0 Å². The van der Waals surface area contributed by atoms with Gasteiger partial charge in [-0.2, -0.15) is 0 Å². The van der Waals surface area contributed by atoms with Crippen molar-refractivity contribution in [3.05, 3.63) is 0 Å². The van der Waals surface area contributed by atoms with Crippen LogP contribution in [-0.2, 0) is 4.79 Å². The lowest BCUT2D eigenvalue weighted by Crippen LogP contribution is -2.41. The zero-order valence-corrected chi connectivity index (χ0v) is 11.4. The van der Waals surface area contributed by atoms with E-state index in [4.69, 9.17) is 0 Å². The number of likely N-dealkylation sites (tertiary alicyclic amines) is 1. The maximum atomic E-state index is 12.4. The number of carbonyl (C=O) groups excluding carboxylic acids is 1. The van der Waals surface area contributed by atoms with Crippen molar-refractivity contribution in [2.24, 2.45) is 10.8 Å². The molecule has 3 heteroatoms. The van der Waals surface area contributed by atoms with Gasteiger partial charge in [0.15, 0.2) is 0 Å². The molecular formula is C14H24N2O. The van der Waals surface area contributed by atoms with E-state index in [2.05, 4.69) is 37.9 Å². The molecule has 1 unspecified atom stereocenters. The first-order valence-corrected chi connectivity index (χ1v) is 6.92. The van der Waals surface area contributed by atoms with Crippen LogP contribution in [0.25, 0.3) is 0 Å². The molecule has 3 aliphatic rings. The van der Waals surface area contributed by atoms with Crippen molar-refractivity contribution in [2.45, 2.75) is 65.1 Å². The Morgan fingerprint density at radius 2 is 1.71 bits per heavy atom. The molecule has 3 fully saturated rings. The Labute approximate surface area is 104 Å². The Hall–Kier alpha value is -0.570. The van der Waals surface area contributed by atoms with Gasteiger partial charge in [-0.25, -0.2) is 0 Å². The van der Waals surface area contributed by atoms with Crippen molar-refractivity contribution >= 4 is 5.91 Å². The van der Waals surface area contributed by atoms with Crippen LogP contribution in [0.3, 0.4) is 0 Å². The zero-order valence-electron chi connectivity index (χ0n) is 11.4. The fourth-order valence-electron chi connectivity index (χ4n) is 3.59. The predicted octanol–water partition coefficient (Wildman–Crippen LogP) is 1.77. The lowest BCUT2D eigenvalue weighted by molar-refractivity contribution is -0.130. The van der Waals surface area contributed by atoms with E-state index in [-0.39, 0.29) is 16.9 Å². The minimum Gasteiger partial charge on any atom is -0.337 e. The second-order valence-corrected chi connectivity index (χ2v) is 7.16. The molecule has 2 aliphatic carbocycles. The minimum atomic E-state index is 0.106. The molecule has 0 spiro atoms. The van der Waals surface area contributed by atoms with E-state index in [1.807, 2.05) is 0 Å². The van der Waals surface area contributed by atoms with Gasteiger partial charge >= 0.3 is 0 Å². The predicted molar refractivity (Wildman–Crippen MR) is 67.6 cm³/mol. The number of hydrogen-bond donors (Lipinski definition) is 1. The van der Waals surface area contributed by atoms with Crippen LogP contribution < -0.4 is 5.32 Å². The summed E-state index contributed by atoms with van der Waals surface area (Å²) in [5, 5.41) is 3.48. The molecule has 3 nitrogen and oxygen atoms in total. The summed E-state index contributed by atoms with van der Waals surface area (Å²) in [6.45, 7) is 10.1. The van der Waals surface area contributed by atoms with Crippen molar-refractivity contribution in [3.63, 3.8) is 0 Å². The molecule has 0 radical (unpaired) electrons. The van der Waals surface area contributed by atoms with Gasteiger partial charge in [0.2, 0.25) is 5.91 Å². The van der Waals surface area contributed by atoms with E-state index >= 15 is 0 Å². The average Bonchev–Trinajstić information content (AvgIpc) is 3.05. The Kier molecular flexibility index (Phi) is 2.20. The largest absolute Gasteiger partial charge is 0.337 e. The number of rotatable bonds is 3. The summed E-state index contributed by atoms with van der Waals surface area (Å²) in [6, 6.07) is 1.17. The maximum Gasteiger partial charge on any atom is 0.240 e. The van der Waals surface area contributed by atoms with Crippen LogP contribution >= 0.6 is 0 Å². The van der Waals surface area contributed by atoms with Crippen LogP contribution in [-0.4, -0.2) is 35.5 Å². The highest BCUT2D eigenvalue weighted by atomic mass is 16.2. The van der Waals surface area contributed by atoms with Gasteiger partial charge in [0.1, 0.15) is 0 Å². The lowest BCUT2D eigenvalue weighted by atomic mass is 10.0. The first-order chi connectivity index (χ1) is 7.85. The monoisotopic (exact) mass is 236 g/mol. The van der Waals surface area contributed by atoms with Crippen molar-refractivity contribution in [3.8, 4) is 0 Å². The van der Waals surface area contributed by atoms with Crippen LogP contribution in [0.1, 0.15) is 47.0 Å². The van der Waals surface area contributed by atoms with Crippen LogP contribution in [0.5, 0.6) is 0 Å². The summed E-state index contributed by atoms with van der Waals surface area (Å²) >= 11 is 0. The first kappa shape index (κ1) is 11.5. The van der Waals surface area contributed by atoms with Gasteiger partial charge in [-0.3, -0.25) is 4.79 Å². The van der Waals surface area contributed by atoms with Crippen LogP contribution in [0.2, 0.25) is 0 Å². The molecule has 0 bridgehead atoms. The van der Waals surface area contributed by atoms with E-state index in [1.54, 1.807) is 0 Å². The fourth-order valence-corrected chi connectivity index (χ4v) is 3.59. The molecule has 2 saturated carbocycles. The summed E-state index contributed by atoms with van der Waals surface area (Å²) in [5.41, 5.74) is 0.550. The van der Waals surface area contributed by atoms with E-state index in [0.29, 0.717) is 18.0 Å². The zero-order chi connectivity index (χ0) is 12.4. The van der Waals surface area contributed by atoms with Crippen LogP contribution in [0, 0.1) is 10.8 Å². The third-order valence-corrected chi connectivity index (χ3v) is 5.51. The maximum absolute atomic E-state index is 12.4.